The largest absolute Gasteiger partial charge is 0.494 e. The molecule has 0 aliphatic carbocycles. The van der Waals surface area contributed by atoms with Crippen LogP contribution in [-0.2, 0) is 4.74 Å². The van der Waals surface area contributed by atoms with Crippen LogP contribution in [0.4, 0.5) is 0 Å². The number of aromatic nitrogens is 3. The van der Waals surface area contributed by atoms with E-state index in [1.54, 1.807) is 49.6 Å². The lowest BCUT2D eigenvalue weighted by molar-refractivity contribution is 0.0475. The maximum Gasteiger partial charge on any atom is 0.344 e. The van der Waals surface area contributed by atoms with Gasteiger partial charge in [-0.2, -0.15) is 5.10 Å². The molecule has 0 N–H and O–H groups in total. The lowest BCUT2D eigenvalue weighted by atomic mass is 10.1. The van der Waals surface area contributed by atoms with Gasteiger partial charge >= 0.3 is 5.97 Å². The summed E-state index contributed by atoms with van der Waals surface area (Å²) in [4.78, 5) is 28.6. The molecule has 0 aliphatic rings. The van der Waals surface area contributed by atoms with Crippen molar-refractivity contribution in [3.63, 3.8) is 0 Å². The smallest absolute Gasteiger partial charge is 0.344 e. The summed E-state index contributed by atoms with van der Waals surface area (Å²) in [6.45, 7) is 3.78. The summed E-state index contributed by atoms with van der Waals surface area (Å²) in [5, 5.41) is 4.20. The summed E-state index contributed by atoms with van der Waals surface area (Å²) in [7, 11) is 0. The van der Waals surface area contributed by atoms with Crippen molar-refractivity contribution in [3.05, 3.63) is 59.5 Å². The third-order valence-corrected chi connectivity index (χ3v) is 3.60. The first-order valence-electron chi connectivity index (χ1n) is 7.83. The van der Waals surface area contributed by atoms with Crippen LogP contribution >= 0.6 is 0 Å². The molecule has 3 aromatic rings. The zero-order valence-corrected chi connectivity index (χ0v) is 13.9. The standard InChI is InChI=1S/C18H17N3O4/c1-3-24-14-7-5-13(6-8-14)15(22)11-25-18(23)16-12(2)20-21-10-4-9-19-17(16)21/h4-10H,3,11H2,1-2H3. The van der Waals surface area contributed by atoms with Crippen molar-refractivity contribution < 1.29 is 19.1 Å². The minimum Gasteiger partial charge on any atom is -0.494 e. The molecule has 2 heterocycles. The zero-order chi connectivity index (χ0) is 17.8. The number of Topliss-reactive ketones (excluding diaryl/α,β-unsaturated/α-hetero) is 1. The van der Waals surface area contributed by atoms with Crippen molar-refractivity contribution in [2.45, 2.75) is 13.8 Å². The number of fused-ring (bicyclic) bond motifs is 1. The zero-order valence-electron chi connectivity index (χ0n) is 13.9. The Kier molecular flexibility index (Phi) is 4.74. The van der Waals surface area contributed by atoms with Crippen LogP contribution in [0.15, 0.2) is 42.7 Å². The Balaban J connectivity index is 1.69. The Labute approximate surface area is 144 Å². The third-order valence-electron chi connectivity index (χ3n) is 3.60. The monoisotopic (exact) mass is 339 g/mol. The Morgan fingerprint density at radius 2 is 1.96 bits per heavy atom. The summed E-state index contributed by atoms with van der Waals surface area (Å²) in [6.07, 6.45) is 3.26. The molecule has 0 spiro atoms. The molecule has 1 aromatic carbocycles. The number of rotatable bonds is 6. The first kappa shape index (κ1) is 16.6. The number of esters is 1. The molecule has 7 nitrogen and oxygen atoms in total. The van der Waals surface area contributed by atoms with E-state index < -0.39 is 5.97 Å². The Hall–Kier alpha value is -3.22. The quantitative estimate of drug-likeness (QED) is 0.507. The molecule has 128 valence electrons. The summed E-state index contributed by atoms with van der Waals surface area (Å²) in [6, 6.07) is 8.41. The van der Waals surface area contributed by atoms with Gasteiger partial charge in [-0.15, -0.1) is 0 Å². The van der Waals surface area contributed by atoms with Crippen LogP contribution in [0.25, 0.3) is 5.65 Å². The molecule has 0 unspecified atom stereocenters. The van der Waals surface area contributed by atoms with E-state index in [1.165, 1.54) is 4.52 Å². The molecule has 25 heavy (non-hydrogen) atoms. The summed E-state index contributed by atoms with van der Waals surface area (Å²) in [5.41, 5.74) is 1.61. The highest BCUT2D eigenvalue weighted by Crippen LogP contribution is 2.15. The molecular formula is C18H17N3O4. The van der Waals surface area contributed by atoms with Gasteiger partial charge in [0.25, 0.3) is 0 Å². The van der Waals surface area contributed by atoms with E-state index in [1.807, 2.05) is 6.92 Å². The SMILES string of the molecule is CCOc1ccc(C(=O)COC(=O)c2c(C)nn3cccnc23)cc1. The van der Waals surface area contributed by atoms with E-state index in [0.29, 0.717) is 29.3 Å². The van der Waals surface area contributed by atoms with Crippen LogP contribution in [0.5, 0.6) is 5.75 Å². The van der Waals surface area contributed by atoms with Gasteiger partial charge < -0.3 is 9.47 Å². The highest BCUT2D eigenvalue weighted by atomic mass is 16.5. The average Bonchev–Trinajstić information content (AvgIpc) is 2.96. The lowest BCUT2D eigenvalue weighted by Gasteiger charge is -2.06. The molecule has 2 aromatic heterocycles. The van der Waals surface area contributed by atoms with Crippen LogP contribution in [0.1, 0.15) is 33.3 Å². The fourth-order valence-corrected chi connectivity index (χ4v) is 2.43. The van der Waals surface area contributed by atoms with Crippen LogP contribution in [0.2, 0.25) is 0 Å². The summed E-state index contributed by atoms with van der Waals surface area (Å²) >= 11 is 0. The molecule has 0 bridgehead atoms. The second-order valence-electron chi connectivity index (χ2n) is 5.30. The summed E-state index contributed by atoms with van der Waals surface area (Å²) < 4.78 is 12.0. The molecule has 0 saturated heterocycles. The Morgan fingerprint density at radius 3 is 2.68 bits per heavy atom. The fourth-order valence-electron chi connectivity index (χ4n) is 2.43. The molecule has 0 fully saturated rings. The first-order chi connectivity index (χ1) is 12.1. The lowest BCUT2D eigenvalue weighted by Crippen LogP contribution is -2.15. The second-order valence-corrected chi connectivity index (χ2v) is 5.30. The first-order valence-corrected chi connectivity index (χ1v) is 7.83. The average molecular weight is 339 g/mol. The third kappa shape index (κ3) is 3.50. The molecule has 3 rings (SSSR count). The van der Waals surface area contributed by atoms with Crippen LogP contribution in [0, 0.1) is 6.92 Å². The Morgan fingerprint density at radius 1 is 1.20 bits per heavy atom. The number of nitrogens with zero attached hydrogens (tertiary/aromatic N) is 3. The van der Waals surface area contributed by atoms with Gasteiger partial charge in [0, 0.05) is 18.0 Å². The van der Waals surface area contributed by atoms with Crippen LogP contribution in [0.3, 0.4) is 0 Å². The predicted molar refractivity (Wildman–Crippen MR) is 89.9 cm³/mol. The molecular weight excluding hydrogens is 322 g/mol. The van der Waals surface area contributed by atoms with Gasteiger partial charge in [-0.05, 0) is 44.2 Å². The van der Waals surface area contributed by atoms with E-state index in [2.05, 4.69) is 10.1 Å². The van der Waals surface area contributed by atoms with E-state index in [-0.39, 0.29) is 18.0 Å². The van der Waals surface area contributed by atoms with Gasteiger partial charge in [0.2, 0.25) is 0 Å². The van der Waals surface area contributed by atoms with Gasteiger partial charge in [0.15, 0.2) is 18.0 Å². The normalized spacial score (nSPS) is 10.6. The predicted octanol–water partition coefficient (Wildman–Crippen LogP) is 2.48. The van der Waals surface area contributed by atoms with Gasteiger partial charge in [0.05, 0.1) is 12.3 Å². The minimum atomic E-state index is -0.620. The van der Waals surface area contributed by atoms with E-state index in [4.69, 9.17) is 9.47 Å². The van der Waals surface area contributed by atoms with Crippen molar-refractivity contribution in [1.29, 1.82) is 0 Å². The molecule has 0 aliphatic heterocycles. The maximum absolute atomic E-state index is 12.3. The number of ether oxygens (including phenoxy) is 2. The number of aryl methyl sites for hydroxylation is 1. The number of benzene rings is 1. The highest BCUT2D eigenvalue weighted by molar-refractivity contribution is 6.01. The van der Waals surface area contributed by atoms with Crippen molar-refractivity contribution in [3.8, 4) is 5.75 Å². The maximum atomic E-state index is 12.3. The molecule has 0 atom stereocenters. The van der Waals surface area contributed by atoms with E-state index >= 15 is 0 Å². The van der Waals surface area contributed by atoms with Gasteiger partial charge in [-0.3, -0.25) is 4.79 Å². The second kappa shape index (κ2) is 7.12. The number of hydrogen-bond donors (Lipinski definition) is 0. The number of hydrogen-bond acceptors (Lipinski definition) is 6. The van der Waals surface area contributed by atoms with E-state index in [0.717, 1.165) is 0 Å². The highest BCUT2D eigenvalue weighted by Gasteiger charge is 2.20. The Bertz CT molecular complexity index is 916. The van der Waals surface area contributed by atoms with Gasteiger partial charge in [-0.25, -0.2) is 14.3 Å². The topological polar surface area (TPSA) is 82.8 Å². The number of carbonyl (C=O) groups excluding carboxylic acids is 2. The molecule has 7 heteroatoms. The summed E-state index contributed by atoms with van der Waals surface area (Å²) in [5.74, 6) is -0.229. The van der Waals surface area contributed by atoms with Crippen LogP contribution in [-0.4, -0.2) is 39.6 Å². The fraction of sp³-hybridized carbons (Fsp3) is 0.222. The van der Waals surface area contributed by atoms with Crippen molar-refractivity contribution in [2.75, 3.05) is 13.2 Å². The van der Waals surface area contributed by atoms with Crippen LogP contribution < -0.4 is 4.74 Å². The van der Waals surface area contributed by atoms with Gasteiger partial charge in [0.1, 0.15) is 11.3 Å². The number of carbonyl (C=O) groups is 2. The van der Waals surface area contributed by atoms with E-state index in [9.17, 15) is 9.59 Å². The molecule has 0 saturated carbocycles. The minimum absolute atomic E-state index is 0.264. The van der Waals surface area contributed by atoms with Crippen molar-refractivity contribution in [1.82, 2.24) is 14.6 Å². The van der Waals surface area contributed by atoms with Crippen molar-refractivity contribution >= 4 is 17.4 Å². The number of ketones is 1. The molecule has 0 amide bonds. The molecule has 0 radical (unpaired) electrons. The van der Waals surface area contributed by atoms with Gasteiger partial charge in [-0.1, -0.05) is 0 Å². The van der Waals surface area contributed by atoms with Crippen molar-refractivity contribution in [2.24, 2.45) is 0 Å².